The van der Waals surface area contributed by atoms with Gasteiger partial charge in [-0.1, -0.05) is 56.6 Å². The third-order valence-corrected chi connectivity index (χ3v) is 5.97. The molecule has 2 aromatic carbocycles. The van der Waals surface area contributed by atoms with Crippen LogP contribution in [0.15, 0.2) is 54.6 Å². The number of carbonyl (C=O) groups excluding carboxylic acids is 1. The lowest BCUT2D eigenvalue weighted by atomic mass is 9.87. The van der Waals surface area contributed by atoms with Crippen molar-refractivity contribution in [2.24, 2.45) is 0 Å². The average Bonchev–Trinajstić information content (AvgIpc) is 2.79. The molecule has 0 bridgehead atoms. The summed E-state index contributed by atoms with van der Waals surface area (Å²) in [4.78, 5) is 18.2. The van der Waals surface area contributed by atoms with Gasteiger partial charge in [0.2, 0.25) is 0 Å². The van der Waals surface area contributed by atoms with Gasteiger partial charge in [-0.25, -0.2) is 9.37 Å². The van der Waals surface area contributed by atoms with Gasteiger partial charge in [-0.2, -0.15) is 26.3 Å². The van der Waals surface area contributed by atoms with Crippen LogP contribution in [0.25, 0.3) is 0 Å². The number of aromatic nitrogens is 1. The fourth-order valence-electron chi connectivity index (χ4n) is 3.74. The molecule has 0 atom stereocenters. The number of halogens is 8. The van der Waals surface area contributed by atoms with Crippen LogP contribution >= 0.6 is 11.6 Å². The highest BCUT2D eigenvalue weighted by molar-refractivity contribution is 6.29. The molecule has 1 heterocycles. The van der Waals surface area contributed by atoms with E-state index in [1.165, 1.54) is 0 Å². The predicted octanol–water partition coefficient (Wildman–Crippen LogP) is 8.09. The highest BCUT2D eigenvalue weighted by atomic mass is 35.5. The minimum absolute atomic E-state index is 0.0340. The van der Waals surface area contributed by atoms with Crippen molar-refractivity contribution < 1.29 is 35.5 Å². The first-order valence-corrected chi connectivity index (χ1v) is 11.8. The van der Waals surface area contributed by atoms with E-state index in [-0.39, 0.29) is 30.5 Å². The van der Waals surface area contributed by atoms with Crippen LogP contribution in [-0.2, 0) is 30.7 Å². The van der Waals surface area contributed by atoms with Crippen molar-refractivity contribution in [1.82, 2.24) is 9.88 Å². The Labute approximate surface area is 220 Å². The van der Waals surface area contributed by atoms with E-state index in [0.29, 0.717) is 23.8 Å². The molecular weight excluding hydrogens is 537 g/mol. The zero-order valence-corrected chi connectivity index (χ0v) is 21.4. The monoisotopic (exact) mass is 560 g/mol. The summed E-state index contributed by atoms with van der Waals surface area (Å²) in [6, 6.07) is 10.4. The molecule has 1 aromatic heterocycles. The SMILES string of the molecule is CC(C)(C)c1ccc(CN(CCc2cc(F)cc(C(F)(F)F)c2)C(=O)c2cc(C(F)(F)F)cc(Cl)n2)cc1. The summed E-state index contributed by atoms with van der Waals surface area (Å²) in [5.41, 5.74) is -1.49. The van der Waals surface area contributed by atoms with E-state index in [0.717, 1.165) is 22.6 Å². The zero-order valence-electron chi connectivity index (χ0n) is 20.6. The Hall–Kier alpha value is -3.14. The lowest BCUT2D eigenvalue weighted by Crippen LogP contribution is -2.33. The Bertz CT molecular complexity index is 1300. The van der Waals surface area contributed by atoms with E-state index in [9.17, 15) is 35.5 Å². The molecule has 3 rings (SSSR count). The molecular formula is C27H24ClF7N2O. The normalized spacial score (nSPS) is 12.5. The molecule has 1 amide bonds. The van der Waals surface area contributed by atoms with E-state index >= 15 is 0 Å². The number of benzene rings is 2. The van der Waals surface area contributed by atoms with Crippen LogP contribution in [-0.4, -0.2) is 22.3 Å². The van der Waals surface area contributed by atoms with Gasteiger partial charge in [0.15, 0.2) is 0 Å². The van der Waals surface area contributed by atoms with Gasteiger partial charge in [0.05, 0.1) is 11.1 Å². The van der Waals surface area contributed by atoms with Crippen LogP contribution < -0.4 is 0 Å². The predicted molar refractivity (Wildman–Crippen MR) is 129 cm³/mol. The Morgan fingerprint density at radius 2 is 1.39 bits per heavy atom. The molecule has 0 saturated carbocycles. The number of hydrogen-bond acceptors (Lipinski definition) is 2. The van der Waals surface area contributed by atoms with Gasteiger partial charge in [-0.3, -0.25) is 4.79 Å². The quantitative estimate of drug-likeness (QED) is 0.225. The molecule has 11 heteroatoms. The minimum Gasteiger partial charge on any atom is -0.333 e. The smallest absolute Gasteiger partial charge is 0.333 e. The molecule has 0 radical (unpaired) electrons. The second-order valence-corrected chi connectivity index (χ2v) is 10.2. The summed E-state index contributed by atoms with van der Waals surface area (Å²) in [5, 5.41) is -0.544. The second-order valence-electron chi connectivity index (χ2n) is 9.83. The van der Waals surface area contributed by atoms with Crippen LogP contribution in [0.4, 0.5) is 30.7 Å². The number of carbonyl (C=O) groups is 1. The second kappa shape index (κ2) is 10.9. The fraction of sp³-hybridized carbons (Fsp3) is 0.333. The minimum atomic E-state index is -4.79. The lowest BCUT2D eigenvalue weighted by Gasteiger charge is -2.24. The van der Waals surface area contributed by atoms with Gasteiger partial charge in [0.1, 0.15) is 16.7 Å². The number of pyridine rings is 1. The van der Waals surface area contributed by atoms with Crippen molar-refractivity contribution in [2.75, 3.05) is 6.54 Å². The average molecular weight is 561 g/mol. The third kappa shape index (κ3) is 7.69. The van der Waals surface area contributed by atoms with Gasteiger partial charge in [-0.05, 0) is 58.9 Å². The molecule has 0 aliphatic carbocycles. The van der Waals surface area contributed by atoms with Crippen LogP contribution in [0.5, 0.6) is 0 Å². The maximum atomic E-state index is 13.9. The van der Waals surface area contributed by atoms with E-state index in [2.05, 4.69) is 4.98 Å². The Kier molecular flexibility index (Phi) is 8.45. The van der Waals surface area contributed by atoms with Crippen LogP contribution in [0.2, 0.25) is 5.15 Å². The molecule has 0 aliphatic heterocycles. The summed E-state index contributed by atoms with van der Waals surface area (Å²) in [6.45, 7) is 5.72. The van der Waals surface area contributed by atoms with Gasteiger partial charge in [0, 0.05) is 13.1 Å². The maximum absolute atomic E-state index is 13.9. The molecule has 3 nitrogen and oxygen atoms in total. The summed E-state index contributed by atoms with van der Waals surface area (Å²) < 4.78 is 93.1. The number of alkyl halides is 6. The zero-order chi connectivity index (χ0) is 28.5. The van der Waals surface area contributed by atoms with Crippen molar-refractivity contribution >= 4 is 17.5 Å². The fourth-order valence-corrected chi connectivity index (χ4v) is 3.95. The lowest BCUT2D eigenvalue weighted by molar-refractivity contribution is -0.138. The first kappa shape index (κ1) is 29.4. The molecule has 38 heavy (non-hydrogen) atoms. The molecule has 0 N–H and O–H groups in total. The highest BCUT2D eigenvalue weighted by Gasteiger charge is 2.33. The Morgan fingerprint density at radius 1 is 0.816 bits per heavy atom. The maximum Gasteiger partial charge on any atom is 0.416 e. The standard InChI is InChI=1S/C27H24ClF7N2O/c1-25(2,3)18-6-4-16(5-7-18)15-37(9-8-17-10-19(26(30,31)32)12-21(29)11-17)24(38)22-13-20(27(33,34)35)14-23(28)36-22/h4-7,10-14H,8-9,15H2,1-3H3. The largest absolute Gasteiger partial charge is 0.416 e. The van der Waals surface area contributed by atoms with Crippen molar-refractivity contribution in [3.63, 3.8) is 0 Å². The van der Waals surface area contributed by atoms with E-state index in [4.69, 9.17) is 11.6 Å². The summed E-state index contributed by atoms with van der Waals surface area (Å²) in [5.74, 6) is -2.01. The van der Waals surface area contributed by atoms with Crippen molar-refractivity contribution in [3.05, 3.63) is 99.1 Å². The van der Waals surface area contributed by atoms with Gasteiger partial charge >= 0.3 is 12.4 Å². The molecule has 0 unspecified atom stereocenters. The van der Waals surface area contributed by atoms with Gasteiger partial charge in [-0.15, -0.1) is 0 Å². The number of amides is 1. The molecule has 204 valence electrons. The highest BCUT2D eigenvalue weighted by Crippen LogP contribution is 2.32. The van der Waals surface area contributed by atoms with E-state index < -0.39 is 46.1 Å². The van der Waals surface area contributed by atoms with Crippen LogP contribution in [0.3, 0.4) is 0 Å². The van der Waals surface area contributed by atoms with E-state index in [1.807, 2.05) is 32.9 Å². The number of rotatable bonds is 6. The molecule has 0 spiro atoms. The topological polar surface area (TPSA) is 33.2 Å². The first-order valence-electron chi connectivity index (χ1n) is 11.4. The third-order valence-electron chi connectivity index (χ3n) is 5.78. The molecule has 0 aliphatic rings. The molecule has 0 saturated heterocycles. The first-order chi connectivity index (χ1) is 17.4. The van der Waals surface area contributed by atoms with Gasteiger partial charge < -0.3 is 4.90 Å². The molecule has 3 aromatic rings. The van der Waals surface area contributed by atoms with Crippen LogP contribution in [0, 0.1) is 5.82 Å². The summed E-state index contributed by atoms with van der Waals surface area (Å²) in [6.07, 6.45) is -9.76. The van der Waals surface area contributed by atoms with E-state index in [1.54, 1.807) is 12.1 Å². The van der Waals surface area contributed by atoms with Crippen LogP contribution in [0.1, 0.15) is 59.1 Å². The molecule has 0 fully saturated rings. The van der Waals surface area contributed by atoms with Crippen molar-refractivity contribution in [2.45, 2.75) is 51.5 Å². The summed E-state index contributed by atoms with van der Waals surface area (Å²) >= 11 is 5.75. The summed E-state index contributed by atoms with van der Waals surface area (Å²) in [7, 11) is 0. The Morgan fingerprint density at radius 3 is 1.95 bits per heavy atom. The van der Waals surface area contributed by atoms with Gasteiger partial charge in [0.25, 0.3) is 5.91 Å². The number of hydrogen-bond donors (Lipinski definition) is 0. The van der Waals surface area contributed by atoms with Crippen molar-refractivity contribution in [3.8, 4) is 0 Å². The number of nitrogens with zero attached hydrogens (tertiary/aromatic N) is 2. The Balaban J connectivity index is 1.95. The van der Waals surface area contributed by atoms with Crippen molar-refractivity contribution in [1.29, 1.82) is 0 Å².